The lowest BCUT2D eigenvalue weighted by Crippen LogP contribution is -2.44. The third-order valence-electron chi connectivity index (χ3n) is 4.40. The van der Waals surface area contributed by atoms with Gasteiger partial charge in [0.25, 0.3) is 0 Å². The molecule has 0 aliphatic carbocycles. The average molecular weight is 375 g/mol. The number of nitrogens with one attached hydrogen (secondary N) is 2. The molecule has 0 spiro atoms. The van der Waals surface area contributed by atoms with Gasteiger partial charge >= 0.3 is 6.09 Å². The summed E-state index contributed by atoms with van der Waals surface area (Å²) in [5.41, 5.74) is 3.45. The number of hydrogen-bond acceptors (Lipinski definition) is 3. The second kappa shape index (κ2) is 9.11. The molecule has 6 heteroatoms. The van der Waals surface area contributed by atoms with Crippen LogP contribution >= 0.6 is 0 Å². The van der Waals surface area contributed by atoms with E-state index in [0.29, 0.717) is 0 Å². The van der Waals surface area contributed by atoms with Gasteiger partial charge in [-0.15, -0.1) is 0 Å². The molecule has 1 heterocycles. The minimum Gasteiger partial charge on any atom is -0.444 e. The van der Waals surface area contributed by atoms with E-state index < -0.39 is 5.60 Å². The van der Waals surface area contributed by atoms with Crippen LogP contribution in [0.5, 0.6) is 0 Å². The van der Waals surface area contributed by atoms with E-state index in [1.807, 2.05) is 20.8 Å². The monoisotopic (exact) mass is 374 g/mol. The van der Waals surface area contributed by atoms with Crippen molar-refractivity contribution < 1.29 is 9.53 Å². The van der Waals surface area contributed by atoms with Crippen LogP contribution in [-0.4, -0.2) is 55.3 Å². The largest absolute Gasteiger partial charge is 0.444 e. The summed E-state index contributed by atoms with van der Waals surface area (Å²) in [4.78, 5) is 18.5. The number of alkyl carbamates (subject to hydrolysis) is 1. The van der Waals surface area contributed by atoms with Gasteiger partial charge in [-0.1, -0.05) is 29.3 Å². The summed E-state index contributed by atoms with van der Waals surface area (Å²) in [6, 6.07) is 6.73. The Balaban J connectivity index is 1.80. The van der Waals surface area contributed by atoms with Crippen molar-refractivity contribution in [3.05, 3.63) is 34.9 Å². The number of amides is 1. The zero-order valence-corrected chi connectivity index (χ0v) is 17.6. The standard InChI is InChI=1S/C21H34N4O2/c1-15-11-16(2)13-17(12-15)7-9-23-19(22-6)25-10-8-18(14-25)24-20(26)27-21(3,4)5/h11-13,18H,7-10,14H2,1-6H3,(H,22,23)(H,24,26). The van der Waals surface area contributed by atoms with Crippen molar-refractivity contribution in [3.63, 3.8) is 0 Å². The van der Waals surface area contributed by atoms with Crippen LogP contribution in [0.4, 0.5) is 4.79 Å². The molecule has 0 radical (unpaired) electrons. The second-order valence-electron chi connectivity index (χ2n) is 8.30. The molecule has 1 aliphatic heterocycles. The van der Waals surface area contributed by atoms with Crippen LogP contribution in [0.25, 0.3) is 0 Å². The SMILES string of the molecule is CN=C(NCCc1cc(C)cc(C)c1)N1CCC(NC(=O)OC(C)(C)C)C1. The lowest BCUT2D eigenvalue weighted by molar-refractivity contribution is 0.0507. The zero-order chi connectivity index (χ0) is 20.0. The first-order valence-electron chi connectivity index (χ1n) is 9.68. The minimum atomic E-state index is -0.478. The van der Waals surface area contributed by atoms with Crippen LogP contribution in [0.2, 0.25) is 0 Å². The molecule has 1 unspecified atom stereocenters. The van der Waals surface area contributed by atoms with Gasteiger partial charge in [-0.2, -0.15) is 0 Å². The number of ether oxygens (including phenoxy) is 1. The van der Waals surface area contributed by atoms with Gasteiger partial charge in [0.05, 0.1) is 6.04 Å². The molecule has 1 amide bonds. The van der Waals surface area contributed by atoms with E-state index in [4.69, 9.17) is 4.74 Å². The quantitative estimate of drug-likeness (QED) is 0.628. The number of benzene rings is 1. The topological polar surface area (TPSA) is 66.0 Å². The van der Waals surface area contributed by atoms with Crippen LogP contribution in [-0.2, 0) is 11.2 Å². The number of guanidine groups is 1. The minimum absolute atomic E-state index is 0.0813. The summed E-state index contributed by atoms with van der Waals surface area (Å²) in [7, 11) is 1.80. The molecular weight excluding hydrogens is 340 g/mol. The summed E-state index contributed by atoms with van der Waals surface area (Å²) in [6.07, 6.45) is 1.48. The highest BCUT2D eigenvalue weighted by atomic mass is 16.6. The molecule has 0 saturated carbocycles. The number of aliphatic imine (C=N–C) groups is 1. The molecule has 6 nitrogen and oxygen atoms in total. The Labute approximate surface area is 163 Å². The Hall–Kier alpha value is -2.24. The number of likely N-dealkylation sites (tertiary alicyclic amines) is 1. The number of hydrogen-bond donors (Lipinski definition) is 2. The molecule has 1 atom stereocenters. The first-order valence-corrected chi connectivity index (χ1v) is 9.68. The van der Waals surface area contributed by atoms with Gasteiger partial charge in [0.1, 0.15) is 5.60 Å². The second-order valence-corrected chi connectivity index (χ2v) is 8.30. The molecular formula is C21H34N4O2. The van der Waals surface area contributed by atoms with Gasteiger partial charge in [0.15, 0.2) is 5.96 Å². The van der Waals surface area contributed by atoms with Crippen molar-refractivity contribution >= 4 is 12.1 Å². The van der Waals surface area contributed by atoms with Gasteiger partial charge in [0, 0.05) is 26.7 Å². The molecule has 1 aliphatic rings. The van der Waals surface area contributed by atoms with Gasteiger partial charge in [-0.3, -0.25) is 4.99 Å². The predicted molar refractivity (Wildman–Crippen MR) is 110 cm³/mol. The van der Waals surface area contributed by atoms with Crippen molar-refractivity contribution in [1.82, 2.24) is 15.5 Å². The molecule has 1 saturated heterocycles. The first-order chi connectivity index (χ1) is 12.7. The summed E-state index contributed by atoms with van der Waals surface area (Å²) in [5.74, 6) is 0.882. The smallest absolute Gasteiger partial charge is 0.407 e. The summed E-state index contributed by atoms with van der Waals surface area (Å²) in [6.45, 7) is 12.3. The third kappa shape index (κ3) is 7.12. The highest BCUT2D eigenvalue weighted by molar-refractivity contribution is 5.80. The molecule has 27 heavy (non-hydrogen) atoms. The number of rotatable bonds is 4. The molecule has 2 N–H and O–H groups in total. The maximum atomic E-state index is 11.9. The highest BCUT2D eigenvalue weighted by Crippen LogP contribution is 2.12. The van der Waals surface area contributed by atoms with Crippen molar-refractivity contribution in [2.24, 2.45) is 4.99 Å². The maximum absolute atomic E-state index is 11.9. The number of nitrogens with zero attached hydrogens (tertiary/aromatic N) is 2. The van der Waals surface area contributed by atoms with E-state index in [1.54, 1.807) is 7.05 Å². The zero-order valence-electron chi connectivity index (χ0n) is 17.6. The molecule has 150 valence electrons. The highest BCUT2D eigenvalue weighted by Gasteiger charge is 2.27. The summed E-state index contributed by atoms with van der Waals surface area (Å²) < 4.78 is 5.34. The lowest BCUT2D eigenvalue weighted by atomic mass is 10.1. The summed E-state index contributed by atoms with van der Waals surface area (Å²) >= 11 is 0. The fourth-order valence-electron chi connectivity index (χ4n) is 3.41. The number of carbonyl (C=O) groups excluding carboxylic acids is 1. The van der Waals surface area contributed by atoms with Crippen LogP contribution in [0.1, 0.15) is 43.9 Å². The Bertz CT molecular complexity index is 659. The van der Waals surface area contributed by atoms with Crippen molar-refractivity contribution in [3.8, 4) is 0 Å². The van der Waals surface area contributed by atoms with Crippen LogP contribution in [0, 0.1) is 13.8 Å². The average Bonchev–Trinajstić information content (AvgIpc) is 2.96. The molecule has 1 fully saturated rings. The van der Waals surface area contributed by atoms with Crippen molar-refractivity contribution in [2.75, 3.05) is 26.7 Å². The van der Waals surface area contributed by atoms with Gasteiger partial charge in [0.2, 0.25) is 0 Å². The number of carbonyl (C=O) groups is 1. The van der Waals surface area contributed by atoms with E-state index in [1.165, 1.54) is 16.7 Å². The van der Waals surface area contributed by atoms with Crippen molar-refractivity contribution in [2.45, 2.75) is 59.1 Å². The maximum Gasteiger partial charge on any atom is 0.407 e. The third-order valence-corrected chi connectivity index (χ3v) is 4.40. The van der Waals surface area contributed by atoms with E-state index in [2.05, 4.69) is 52.6 Å². The van der Waals surface area contributed by atoms with Crippen molar-refractivity contribution in [1.29, 1.82) is 0 Å². The van der Waals surface area contributed by atoms with Crippen LogP contribution in [0.3, 0.4) is 0 Å². The molecule has 1 aromatic carbocycles. The Morgan fingerprint density at radius 2 is 1.93 bits per heavy atom. The van der Waals surface area contributed by atoms with Gasteiger partial charge in [-0.05, 0) is 53.0 Å². The van der Waals surface area contributed by atoms with E-state index in [9.17, 15) is 4.79 Å². The Kier molecular flexibility index (Phi) is 7.11. The normalized spacial score (nSPS) is 17.8. The molecule has 1 aromatic rings. The van der Waals surface area contributed by atoms with Gasteiger partial charge < -0.3 is 20.3 Å². The predicted octanol–water partition coefficient (Wildman–Crippen LogP) is 3.02. The molecule has 0 aromatic heterocycles. The number of aryl methyl sites for hydroxylation is 2. The van der Waals surface area contributed by atoms with E-state index in [-0.39, 0.29) is 12.1 Å². The fraction of sp³-hybridized carbons (Fsp3) is 0.619. The van der Waals surface area contributed by atoms with Crippen LogP contribution in [0.15, 0.2) is 23.2 Å². The van der Waals surface area contributed by atoms with E-state index >= 15 is 0 Å². The molecule has 2 rings (SSSR count). The first kappa shape index (κ1) is 21.1. The fourth-order valence-corrected chi connectivity index (χ4v) is 3.41. The Morgan fingerprint density at radius 3 is 2.52 bits per heavy atom. The van der Waals surface area contributed by atoms with Gasteiger partial charge in [-0.25, -0.2) is 4.79 Å². The summed E-state index contributed by atoms with van der Waals surface area (Å²) in [5, 5.41) is 6.40. The lowest BCUT2D eigenvalue weighted by Gasteiger charge is -2.23. The van der Waals surface area contributed by atoms with E-state index in [0.717, 1.165) is 38.4 Å². The van der Waals surface area contributed by atoms with Crippen LogP contribution < -0.4 is 10.6 Å². The Morgan fingerprint density at radius 1 is 1.26 bits per heavy atom. The molecule has 0 bridgehead atoms.